The Morgan fingerprint density at radius 3 is 2.38 bits per heavy atom. The Morgan fingerprint density at radius 1 is 1.25 bits per heavy atom. The van der Waals surface area contributed by atoms with E-state index in [4.69, 9.17) is 4.74 Å². The summed E-state index contributed by atoms with van der Waals surface area (Å²) in [5, 5.41) is 2.58. The number of esters is 1. The Hall–Kier alpha value is -1.50. The van der Waals surface area contributed by atoms with Crippen LogP contribution in [0.15, 0.2) is 0 Å². The van der Waals surface area contributed by atoms with Crippen LogP contribution in [0.2, 0.25) is 0 Å². The van der Waals surface area contributed by atoms with Crippen molar-refractivity contribution in [3.63, 3.8) is 0 Å². The van der Waals surface area contributed by atoms with Gasteiger partial charge in [-0.1, -0.05) is 5.92 Å². The van der Waals surface area contributed by atoms with Gasteiger partial charge in [-0.15, -0.1) is 5.92 Å². The predicted molar refractivity (Wildman–Crippen MR) is 61.5 cm³/mol. The van der Waals surface area contributed by atoms with Crippen LogP contribution >= 0.6 is 0 Å². The van der Waals surface area contributed by atoms with Gasteiger partial charge in [0.2, 0.25) is 5.91 Å². The van der Waals surface area contributed by atoms with Crippen LogP contribution in [-0.2, 0) is 14.3 Å². The van der Waals surface area contributed by atoms with Crippen LogP contribution in [0, 0.1) is 11.8 Å². The Morgan fingerprint density at radius 2 is 1.88 bits per heavy atom. The van der Waals surface area contributed by atoms with Gasteiger partial charge in [0.25, 0.3) is 0 Å². The highest BCUT2D eigenvalue weighted by atomic mass is 16.6. The van der Waals surface area contributed by atoms with Crippen LogP contribution in [0.1, 0.15) is 40.5 Å². The maximum Gasteiger partial charge on any atom is 0.306 e. The summed E-state index contributed by atoms with van der Waals surface area (Å²) in [6.45, 7) is 7.40. The first-order valence-electron chi connectivity index (χ1n) is 5.23. The van der Waals surface area contributed by atoms with Crippen LogP contribution in [-0.4, -0.2) is 24.0 Å². The molecule has 90 valence electrons. The van der Waals surface area contributed by atoms with Crippen LogP contribution < -0.4 is 5.32 Å². The Labute approximate surface area is 96.7 Å². The molecule has 0 rings (SSSR count). The molecule has 0 radical (unpaired) electrons. The number of carbonyl (C=O) groups excluding carboxylic acids is 2. The second-order valence-corrected chi connectivity index (χ2v) is 4.29. The molecule has 0 aliphatic heterocycles. The van der Waals surface area contributed by atoms with Gasteiger partial charge in [0.1, 0.15) is 5.60 Å². The van der Waals surface area contributed by atoms with Gasteiger partial charge in [0.15, 0.2) is 0 Å². The number of rotatable bonds is 4. The van der Waals surface area contributed by atoms with Crippen molar-refractivity contribution >= 4 is 11.9 Å². The lowest BCUT2D eigenvalue weighted by atomic mass is 10.2. The van der Waals surface area contributed by atoms with Gasteiger partial charge in [0, 0.05) is 6.42 Å². The Bertz CT molecular complexity index is 304. The molecule has 0 atom stereocenters. The van der Waals surface area contributed by atoms with E-state index in [0.717, 1.165) is 0 Å². The van der Waals surface area contributed by atoms with Crippen molar-refractivity contribution in [2.45, 2.75) is 46.1 Å². The van der Waals surface area contributed by atoms with E-state index in [0.29, 0.717) is 6.54 Å². The van der Waals surface area contributed by atoms with Crippen LogP contribution in [0.25, 0.3) is 0 Å². The topological polar surface area (TPSA) is 55.4 Å². The second kappa shape index (κ2) is 6.89. The lowest BCUT2D eigenvalue weighted by Gasteiger charge is -2.19. The molecule has 1 N–H and O–H groups in total. The number of ether oxygens (including phenoxy) is 1. The predicted octanol–water partition coefficient (Wildman–Crippen LogP) is 1.25. The van der Waals surface area contributed by atoms with E-state index in [1.807, 2.05) is 0 Å². The average Bonchev–Trinajstić information content (AvgIpc) is 2.12. The Balaban J connectivity index is 3.74. The summed E-state index contributed by atoms with van der Waals surface area (Å²) < 4.78 is 5.07. The summed E-state index contributed by atoms with van der Waals surface area (Å²) >= 11 is 0. The fourth-order valence-corrected chi connectivity index (χ4v) is 0.928. The zero-order valence-corrected chi connectivity index (χ0v) is 10.3. The van der Waals surface area contributed by atoms with Crippen molar-refractivity contribution in [3.05, 3.63) is 0 Å². The van der Waals surface area contributed by atoms with E-state index in [1.165, 1.54) is 0 Å². The van der Waals surface area contributed by atoms with Crippen molar-refractivity contribution in [3.8, 4) is 11.8 Å². The van der Waals surface area contributed by atoms with E-state index in [1.54, 1.807) is 27.7 Å². The molecule has 0 fully saturated rings. The normalized spacial score (nSPS) is 10.0. The fourth-order valence-electron chi connectivity index (χ4n) is 0.928. The minimum atomic E-state index is -0.499. The summed E-state index contributed by atoms with van der Waals surface area (Å²) in [5.41, 5.74) is -0.499. The van der Waals surface area contributed by atoms with E-state index >= 15 is 0 Å². The summed E-state index contributed by atoms with van der Waals surface area (Å²) in [6, 6.07) is 0. The highest BCUT2D eigenvalue weighted by molar-refractivity contribution is 5.81. The average molecular weight is 225 g/mol. The maximum atomic E-state index is 11.3. The zero-order chi connectivity index (χ0) is 12.6. The molecular formula is C12H19NO3. The van der Waals surface area contributed by atoms with E-state index in [2.05, 4.69) is 17.2 Å². The molecule has 0 aromatic carbocycles. The van der Waals surface area contributed by atoms with Crippen LogP contribution in [0.3, 0.4) is 0 Å². The molecule has 0 heterocycles. The van der Waals surface area contributed by atoms with E-state index < -0.39 is 5.60 Å². The van der Waals surface area contributed by atoms with E-state index in [-0.39, 0.29) is 24.7 Å². The first-order chi connectivity index (χ1) is 7.35. The molecule has 0 aliphatic carbocycles. The number of hydrogen-bond acceptors (Lipinski definition) is 3. The van der Waals surface area contributed by atoms with Crippen molar-refractivity contribution < 1.29 is 14.3 Å². The van der Waals surface area contributed by atoms with Crippen molar-refractivity contribution in [1.82, 2.24) is 5.32 Å². The van der Waals surface area contributed by atoms with Gasteiger partial charge >= 0.3 is 5.97 Å². The molecule has 16 heavy (non-hydrogen) atoms. The highest BCUT2D eigenvalue weighted by Crippen LogP contribution is 2.08. The molecule has 0 bridgehead atoms. The maximum absolute atomic E-state index is 11.3. The first-order valence-corrected chi connectivity index (χ1v) is 5.23. The van der Waals surface area contributed by atoms with Gasteiger partial charge < -0.3 is 10.1 Å². The summed E-state index contributed by atoms with van der Waals surface area (Å²) in [5.74, 6) is 4.83. The molecule has 0 spiro atoms. The Kier molecular flexibility index (Phi) is 6.24. The smallest absolute Gasteiger partial charge is 0.306 e. The fraction of sp³-hybridized carbons (Fsp3) is 0.667. The lowest BCUT2D eigenvalue weighted by Crippen LogP contribution is -2.27. The standard InChI is InChI=1S/C12H19NO3/c1-5-6-9-13-10(14)7-8-11(15)16-12(2,3)4/h7-9H2,1-4H3,(H,13,14). The SMILES string of the molecule is CC#CCNC(=O)CCC(=O)OC(C)(C)C. The molecular weight excluding hydrogens is 206 g/mol. The molecule has 0 unspecified atom stereocenters. The zero-order valence-electron chi connectivity index (χ0n) is 10.3. The van der Waals surface area contributed by atoms with Gasteiger partial charge in [-0.25, -0.2) is 0 Å². The van der Waals surface area contributed by atoms with Crippen LogP contribution in [0.4, 0.5) is 0 Å². The second-order valence-electron chi connectivity index (χ2n) is 4.29. The minimum Gasteiger partial charge on any atom is -0.460 e. The van der Waals surface area contributed by atoms with Crippen molar-refractivity contribution in [2.75, 3.05) is 6.54 Å². The molecule has 0 aliphatic rings. The molecule has 0 aromatic heterocycles. The molecule has 0 saturated heterocycles. The van der Waals surface area contributed by atoms with Crippen LogP contribution in [0.5, 0.6) is 0 Å². The van der Waals surface area contributed by atoms with Gasteiger partial charge in [-0.05, 0) is 27.7 Å². The molecule has 1 amide bonds. The first kappa shape index (κ1) is 14.5. The summed E-state index contributed by atoms with van der Waals surface area (Å²) in [4.78, 5) is 22.5. The summed E-state index contributed by atoms with van der Waals surface area (Å²) in [7, 11) is 0. The van der Waals surface area contributed by atoms with E-state index in [9.17, 15) is 9.59 Å². The van der Waals surface area contributed by atoms with Gasteiger partial charge in [0.05, 0.1) is 13.0 Å². The number of nitrogens with one attached hydrogen (secondary N) is 1. The highest BCUT2D eigenvalue weighted by Gasteiger charge is 2.16. The quantitative estimate of drug-likeness (QED) is 0.578. The monoisotopic (exact) mass is 225 g/mol. The molecule has 0 aromatic rings. The van der Waals surface area contributed by atoms with Crippen molar-refractivity contribution in [2.24, 2.45) is 0 Å². The summed E-state index contributed by atoms with van der Waals surface area (Å²) in [6.07, 6.45) is 0.239. The molecule has 4 heteroatoms. The minimum absolute atomic E-state index is 0.0999. The van der Waals surface area contributed by atoms with Gasteiger partial charge in [-0.3, -0.25) is 9.59 Å². The number of hydrogen-bond donors (Lipinski definition) is 1. The van der Waals surface area contributed by atoms with Crippen molar-refractivity contribution in [1.29, 1.82) is 0 Å². The molecule has 4 nitrogen and oxygen atoms in total. The third-order valence-corrected chi connectivity index (χ3v) is 1.53. The lowest BCUT2D eigenvalue weighted by molar-refractivity contribution is -0.155. The largest absolute Gasteiger partial charge is 0.460 e. The van der Waals surface area contributed by atoms with Gasteiger partial charge in [-0.2, -0.15) is 0 Å². The third kappa shape index (κ3) is 9.07. The third-order valence-electron chi connectivity index (χ3n) is 1.53. The number of carbonyl (C=O) groups is 2. The molecule has 0 saturated carbocycles. The number of amides is 1.